The summed E-state index contributed by atoms with van der Waals surface area (Å²) < 4.78 is 37.2. The van der Waals surface area contributed by atoms with E-state index in [0.717, 1.165) is 22.9 Å². The van der Waals surface area contributed by atoms with Gasteiger partial charge in [-0.05, 0) is 84.1 Å². The third-order valence-electron chi connectivity index (χ3n) is 5.64. The van der Waals surface area contributed by atoms with Gasteiger partial charge in [0.05, 0.1) is 4.90 Å². The minimum atomic E-state index is -3.81. The van der Waals surface area contributed by atoms with Crippen LogP contribution in [0.15, 0.2) is 51.8 Å². The van der Waals surface area contributed by atoms with Crippen molar-refractivity contribution in [1.29, 1.82) is 0 Å². The predicted octanol–water partition coefficient (Wildman–Crippen LogP) is 5.94. The summed E-state index contributed by atoms with van der Waals surface area (Å²) in [5.41, 5.74) is 6.55. The molecule has 26 heavy (non-hydrogen) atoms. The van der Waals surface area contributed by atoms with Gasteiger partial charge in [0.15, 0.2) is 6.01 Å². The summed E-state index contributed by atoms with van der Waals surface area (Å²) >= 11 is 3.56. The molecule has 2 aliphatic rings. The van der Waals surface area contributed by atoms with Crippen molar-refractivity contribution in [2.24, 2.45) is 5.41 Å². The van der Waals surface area contributed by atoms with Crippen LogP contribution in [0.25, 0.3) is 11.1 Å². The van der Waals surface area contributed by atoms with E-state index >= 15 is 0 Å². The Kier molecular flexibility index (Phi) is 4.35. The average Bonchev–Trinajstić information content (AvgIpc) is 3.28. The number of allylic oxidation sites excluding steroid dienone is 2. The van der Waals surface area contributed by atoms with Crippen LogP contribution in [0.1, 0.15) is 42.4 Å². The summed E-state index contributed by atoms with van der Waals surface area (Å²) in [5, 5.41) is 0. The highest BCUT2D eigenvalue weighted by atomic mass is 79.9. The number of aryl methyl sites for hydroxylation is 1. The van der Waals surface area contributed by atoms with Crippen molar-refractivity contribution in [2.75, 3.05) is 6.01 Å². The first kappa shape index (κ1) is 17.9. The Labute approximate surface area is 162 Å². The molecular weight excluding hydrogens is 415 g/mol. The molecule has 2 nitrogen and oxygen atoms in total. The second kappa shape index (κ2) is 6.31. The molecule has 1 saturated carbocycles. The molecule has 0 aliphatic heterocycles. The van der Waals surface area contributed by atoms with Gasteiger partial charge in [-0.15, -0.1) is 0 Å². The molecule has 0 amide bonds. The standard InChI is InChI=1S/C21H20BrFO2S/c1-14-10-16(4-7-20(14)22)19-12-21(8-9-21)11-18(19)15-2-5-17(6-3-15)26(24,25)13-23/h2-7,10H,8-9,11-13H2,1H3. The monoisotopic (exact) mass is 434 g/mol. The lowest BCUT2D eigenvalue weighted by Gasteiger charge is -2.11. The summed E-state index contributed by atoms with van der Waals surface area (Å²) in [5.74, 6) is 0. The molecule has 4 rings (SSSR count). The molecule has 0 heterocycles. The minimum absolute atomic E-state index is 0.0459. The van der Waals surface area contributed by atoms with Crippen LogP contribution in [-0.4, -0.2) is 14.4 Å². The smallest absolute Gasteiger partial charge is 0.207 e. The van der Waals surface area contributed by atoms with E-state index in [-0.39, 0.29) is 4.90 Å². The third-order valence-corrected chi connectivity index (χ3v) is 7.80. The van der Waals surface area contributed by atoms with Gasteiger partial charge in [-0.2, -0.15) is 0 Å². The van der Waals surface area contributed by atoms with E-state index in [0.29, 0.717) is 5.41 Å². The van der Waals surface area contributed by atoms with Crippen molar-refractivity contribution >= 4 is 36.9 Å². The number of hydrogen-bond donors (Lipinski definition) is 0. The van der Waals surface area contributed by atoms with Crippen LogP contribution in [0.4, 0.5) is 4.39 Å². The highest BCUT2D eigenvalue weighted by Crippen LogP contribution is 2.63. The van der Waals surface area contributed by atoms with Crippen LogP contribution in [0.2, 0.25) is 0 Å². The van der Waals surface area contributed by atoms with Gasteiger partial charge in [-0.1, -0.05) is 40.2 Å². The summed E-state index contributed by atoms with van der Waals surface area (Å²) in [4.78, 5) is 0.0459. The summed E-state index contributed by atoms with van der Waals surface area (Å²) in [7, 11) is -3.81. The Morgan fingerprint density at radius 3 is 2.12 bits per heavy atom. The molecule has 0 aromatic heterocycles. The van der Waals surface area contributed by atoms with E-state index in [1.807, 2.05) is 12.1 Å². The Morgan fingerprint density at radius 1 is 1.00 bits per heavy atom. The maximum atomic E-state index is 12.7. The van der Waals surface area contributed by atoms with Crippen LogP contribution in [-0.2, 0) is 9.84 Å². The lowest BCUT2D eigenvalue weighted by molar-refractivity contribution is 0.534. The molecule has 0 bridgehead atoms. The van der Waals surface area contributed by atoms with Crippen LogP contribution in [0.3, 0.4) is 0 Å². The Balaban J connectivity index is 1.77. The molecule has 1 spiro atoms. The lowest BCUT2D eigenvalue weighted by atomic mass is 9.96. The third kappa shape index (κ3) is 3.16. The molecular formula is C21H20BrFO2S. The first-order chi connectivity index (χ1) is 12.3. The van der Waals surface area contributed by atoms with E-state index in [1.54, 1.807) is 0 Å². The number of alkyl halides is 1. The fourth-order valence-corrected chi connectivity index (χ4v) is 4.79. The number of sulfone groups is 1. The van der Waals surface area contributed by atoms with Crippen molar-refractivity contribution in [1.82, 2.24) is 0 Å². The summed E-state index contributed by atoms with van der Waals surface area (Å²) in [6.45, 7) is 2.09. The fraction of sp³-hybridized carbons (Fsp3) is 0.333. The molecule has 5 heteroatoms. The van der Waals surface area contributed by atoms with E-state index < -0.39 is 15.8 Å². The molecule has 0 unspecified atom stereocenters. The van der Waals surface area contributed by atoms with Crippen LogP contribution in [0.5, 0.6) is 0 Å². The number of hydrogen-bond acceptors (Lipinski definition) is 2. The van der Waals surface area contributed by atoms with Gasteiger partial charge >= 0.3 is 0 Å². The zero-order chi connectivity index (χ0) is 18.5. The topological polar surface area (TPSA) is 34.1 Å². The first-order valence-electron chi connectivity index (χ1n) is 8.71. The van der Waals surface area contributed by atoms with E-state index in [9.17, 15) is 12.8 Å². The lowest BCUT2D eigenvalue weighted by Crippen LogP contribution is -2.02. The fourth-order valence-electron chi connectivity index (χ4n) is 3.87. The van der Waals surface area contributed by atoms with E-state index in [1.165, 1.54) is 47.2 Å². The zero-order valence-electron chi connectivity index (χ0n) is 14.6. The second-order valence-electron chi connectivity index (χ2n) is 7.52. The molecule has 0 saturated heterocycles. The molecule has 0 radical (unpaired) electrons. The largest absolute Gasteiger partial charge is 0.233 e. The molecule has 2 aromatic rings. The van der Waals surface area contributed by atoms with Gasteiger partial charge in [-0.25, -0.2) is 12.8 Å². The molecule has 1 fully saturated rings. The Hall–Kier alpha value is -1.46. The van der Waals surface area contributed by atoms with E-state index in [2.05, 4.69) is 41.1 Å². The molecule has 0 N–H and O–H groups in total. The highest BCUT2D eigenvalue weighted by Gasteiger charge is 2.48. The van der Waals surface area contributed by atoms with Crippen molar-refractivity contribution in [3.63, 3.8) is 0 Å². The SMILES string of the molecule is Cc1cc(C2=C(c3ccc(S(=O)(=O)CF)cc3)CC3(CC3)C2)ccc1Br. The molecule has 0 atom stereocenters. The Bertz CT molecular complexity index is 1000. The van der Waals surface area contributed by atoms with Crippen LogP contribution in [0, 0.1) is 12.3 Å². The van der Waals surface area contributed by atoms with Crippen molar-refractivity contribution in [2.45, 2.75) is 37.5 Å². The van der Waals surface area contributed by atoms with Gasteiger partial charge in [0.25, 0.3) is 0 Å². The minimum Gasteiger partial charge on any atom is -0.233 e. The van der Waals surface area contributed by atoms with E-state index in [4.69, 9.17) is 0 Å². The maximum Gasteiger partial charge on any atom is 0.207 e. The van der Waals surface area contributed by atoms with Gasteiger partial charge < -0.3 is 0 Å². The molecule has 2 aliphatic carbocycles. The van der Waals surface area contributed by atoms with Crippen molar-refractivity contribution < 1.29 is 12.8 Å². The average molecular weight is 435 g/mol. The summed E-state index contributed by atoms with van der Waals surface area (Å²) in [6.07, 6.45) is 4.62. The zero-order valence-corrected chi connectivity index (χ0v) is 17.0. The molecule has 136 valence electrons. The van der Waals surface area contributed by atoms with Gasteiger partial charge in [0, 0.05) is 4.47 Å². The number of benzene rings is 2. The second-order valence-corrected chi connectivity index (χ2v) is 10.3. The first-order valence-corrected chi connectivity index (χ1v) is 11.2. The van der Waals surface area contributed by atoms with Gasteiger partial charge in [0.2, 0.25) is 9.84 Å². The predicted molar refractivity (Wildman–Crippen MR) is 106 cm³/mol. The summed E-state index contributed by atoms with van der Waals surface area (Å²) in [6, 6.07) is 11.8. The quantitative estimate of drug-likeness (QED) is 0.596. The molecule has 2 aromatic carbocycles. The van der Waals surface area contributed by atoms with Gasteiger partial charge in [-0.3, -0.25) is 0 Å². The maximum absolute atomic E-state index is 12.7. The number of rotatable bonds is 4. The Morgan fingerprint density at radius 2 is 1.58 bits per heavy atom. The van der Waals surface area contributed by atoms with Crippen molar-refractivity contribution in [3.8, 4) is 0 Å². The number of halogens is 2. The highest BCUT2D eigenvalue weighted by molar-refractivity contribution is 9.10. The van der Waals surface area contributed by atoms with Gasteiger partial charge in [0.1, 0.15) is 0 Å². The van der Waals surface area contributed by atoms with Crippen LogP contribution >= 0.6 is 15.9 Å². The van der Waals surface area contributed by atoms with Crippen LogP contribution < -0.4 is 0 Å². The normalized spacial score (nSPS) is 18.6. The van der Waals surface area contributed by atoms with Crippen molar-refractivity contribution in [3.05, 3.63) is 63.6 Å².